The van der Waals surface area contributed by atoms with Crippen molar-refractivity contribution in [1.82, 2.24) is 0 Å². The predicted octanol–water partition coefficient (Wildman–Crippen LogP) is 8.04. The standard InChI is InChI=1S/C29H36N6O2S2/c1-34-16-18-38-28(34)32-30-24-14-12-22(20-26(24)36-3)10-8-6-5-7-9-11-23-13-15-25(27(21-23)37-4)31-33-29-35(2)17-19-39-29/h12-21H,5-11H2,1-4H3/q+2. The van der Waals surface area contributed by atoms with Crippen molar-refractivity contribution < 1.29 is 18.6 Å². The summed E-state index contributed by atoms with van der Waals surface area (Å²) >= 11 is 3.11. The first-order chi connectivity index (χ1) is 19.1. The zero-order valence-corrected chi connectivity index (χ0v) is 24.7. The quantitative estimate of drug-likeness (QED) is 0.0883. The van der Waals surface area contributed by atoms with Gasteiger partial charge in [-0.3, -0.25) is 0 Å². The summed E-state index contributed by atoms with van der Waals surface area (Å²) in [6.45, 7) is 0. The number of hydrogen-bond donors (Lipinski definition) is 0. The van der Waals surface area contributed by atoms with Crippen LogP contribution in [0.1, 0.15) is 43.2 Å². The molecule has 0 atom stereocenters. The summed E-state index contributed by atoms with van der Waals surface area (Å²) in [6, 6.07) is 12.4. The van der Waals surface area contributed by atoms with Crippen molar-refractivity contribution in [3.05, 3.63) is 70.7 Å². The van der Waals surface area contributed by atoms with Crippen LogP contribution in [0.3, 0.4) is 0 Å². The molecule has 0 aliphatic heterocycles. The third kappa shape index (κ3) is 8.24. The second kappa shape index (κ2) is 14.6. The van der Waals surface area contributed by atoms with Crippen molar-refractivity contribution in [3.8, 4) is 11.5 Å². The number of azo groups is 2. The minimum absolute atomic E-state index is 0.749. The van der Waals surface area contributed by atoms with Gasteiger partial charge >= 0.3 is 10.3 Å². The van der Waals surface area contributed by atoms with E-state index in [9.17, 15) is 0 Å². The van der Waals surface area contributed by atoms with Crippen LogP contribution in [0.25, 0.3) is 0 Å². The Morgan fingerprint density at radius 1 is 0.615 bits per heavy atom. The average Bonchev–Trinajstić information content (AvgIpc) is 3.57. The van der Waals surface area contributed by atoms with Crippen molar-refractivity contribution in [2.45, 2.75) is 44.9 Å². The van der Waals surface area contributed by atoms with Gasteiger partial charge in [0, 0.05) is 10.8 Å². The van der Waals surface area contributed by atoms with E-state index >= 15 is 0 Å². The maximum absolute atomic E-state index is 5.57. The fourth-order valence-electron chi connectivity index (χ4n) is 4.15. The molecule has 0 bridgehead atoms. The number of nitrogens with zero attached hydrogens (tertiary/aromatic N) is 6. The number of unbranched alkanes of at least 4 members (excludes halogenated alkanes) is 4. The maximum Gasteiger partial charge on any atom is 0.408 e. The Labute approximate surface area is 238 Å². The lowest BCUT2D eigenvalue weighted by Crippen LogP contribution is -2.23. The normalized spacial score (nSPS) is 11.6. The molecule has 0 N–H and O–H groups in total. The highest BCUT2D eigenvalue weighted by molar-refractivity contribution is 7.13. The molecule has 0 fully saturated rings. The molecule has 39 heavy (non-hydrogen) atoms. The molecule has 0 saturated carbocycles. The summed E-state index contributed by atoms with van der Waals surface area (Å²) in [5, 5.41) is 23.1. The summed E-state index contributed by atoms with van der Waals surface area (Å²) < 4.78 is 15.0. The minimum Gasteiger partial charge on any atom is -0.494 e. The van der Waals surface area contributed by atoms with Gasteiger partial charge < -0.3 is 9.47 Å². The summed E-state index contributed by atoms with van der Waals surface area (Å²) in [6.07, 6.45) is 12.0. The van der Waals surface area contributed by atoms with Gasteiger partial charge in [-0.2, -0.15) is 0 Å². The van der Waals surface area contributed by atoms with Crippen molar-refractivity contribution in [2.24, 2.45) is 34.6 Å². The van der Waals surface area contributed by atoms with Gasteiger partial charge in [0.05, 0.1) is 38.5 Å². The monoisotopic (exact) mass is 564 g/mol. The Morgan fingerprint density at radius 2 is 1.05 bits per heavy atom. The Hall–Kier alpha value is -3.50. The lowest BCUT2D eigenvalue weighted by Gasteiger charge is -2.07. The molecule has 0 amide bonds. The van der Waals surface area contributed by atoms with Crippen molar-refractivity contribution in [1.29, 1.82) is 0 Å². The highest BCUT2D eigenvalue weighted by atomic mass is 32.1. The van der Waals surface area contributed by atoms with Crippen LogP contribution in [0, 0.1) is 0 Å². The topological polar surface area (TPSA) is 75.7 Å². The molecule has 0 aliphatic carbocycles. The molecule has 0 radical (unpaired) electrons. The zero-order valence-electron chi connectivity index (χ0n) is 23.0. The molecule has 4 aromatic rings. The van der Waals surface area contributed by atoms with Crippen LogP contribution < -0.4 is 18.6 Å². The summed E-state index contributed by atoms with van der Waals surface area (Å²) in [5.41, 5.74) is 4.03. The summed E-state index contributed by atoms with van der Waals surface area (Å²) in [5.74, 6) is 1.53. The zero-order chi connectivity index (χ0) is 27.5. The van der Waals surface area contributed by atoms with Crippen LogP contribution in [-0.2, 0) is 26.9 Å². The first-order valence-electron chi connectivity index (χ1n) is 13.1. The number of hydrogen-bond acceptors (Lipinski definition) is 8. The van der Waals surface area contributed by atoms with Crippen molar-refractivity contribution >= 4 is 44.3 Å². The molecule has 4 rings (SSSR count). The Balaban J connectivity index is 1.18. The van der Waals surface area contributed by atoms with E-state index in [4.69, 9.17) is 9.47 Å². The molecule has 2 aromatic carbocycles. The van der Waals surface area contributed by atoms with E-state index in [1.165, 1.54) is 30.4 Å². The number of methoxy groups -OCH3 is 2. The SMILES string of the molecule is COc1cc(CCCCCCCc2ccc(N=Nc3scc[n+]3C)c(OC)c2)ccc1N=Nc1scc[n+]1C. The van der Waals surface area contributed by atoms with E-state index in [-0.39, 0.29) is 0 Å². The second-order valence-electron chi connectivity index (χ2n) is 9.27. The van der Waals surface area contributed by atoms with Crippen LogP contribution in [0.5, 0.6) is 11.5 Å². The average molecular weight is 565 g/mol. The summed E-state index contributed by atoms with van der Waals surface area (Å²) in [7, 11) is 7.28. The number of aromatic nitrogens is 2. The maximum atomic E-state index is 5.57. The smallest absolute Gasteiger partial charge is 0.408 e. The molecular formula is C29H36N6O2S2+2. The third-order valence-electron chi connectivity index (χ3n) is 6.43. The first-order valence-corrected chi connectivity index (χ1v) is 14.9. The second-order valence-corrected chi connectivity index (χ2v) is 11.0. The van der Waals surface area contributed by atoms with E-state index in [1.54, 1.807) is 36.9 Å². The van der Waals surface area contributed by atoms with Crippen molar-refractivity contribution in [2.75, 3.05) is 14.2 Å². The molecule has 0 unspecified atom stereocenters. The fraction of sp³-hybridized carbons (Fsp3) is 0.379. The molecule has 0 aliphatic rings. The van der Waals surface area contributed by atoms with Gasteiger partial charge in [0.25, 0.3) is 0 Å². The lowest BCUT2D eigenvalue weighted by molar-refractivity contribution is -0.654. The molecule has 8 nitrogen and oxygen atoms in total. The van der Waals surface area contributed by atoms with Gasteiger partial charge in [0.2, 0.25) is 0 Å². The van der Waals surface area contributed by atoms with Crippen LogP contribution in [0.15, 0.2) is 80.0 Å². The Morgan fingerprint density at radius 3 is 1.44 bits per heavy atom. The first kappa shape index (κ1) is 28.5. The van der Waals surface area contributed by atoms with E-state index in [2.05, 4.69) is 44.7 Å². The van der Waals surface area contributed by atoms with Gasteiger partial charge in [-0.15, -0.1) is 0 Å². The largest absolute Gasteiger partial charge is 0.494 e. The molecule has 204 valence electrons. The molecule has 0 spiro atoms. The Kier molecular flexibility index (Phi) is 10.7. The molecular weight excluding hydrogens is 528 g/mol. The Bertz CT molecular complexity index is 1310. The van der Waals surface area contributed by atoms with Crippen LogP contribution in [0.2, 0.25) is 0 Å². The van der Waals surface area contributed by atoms with Crippen LogP contribution >= 0.6 is 22.7 Å². The third-order valence-corrected chi connectivity index (χ3v) is 8.10. The number of rotatable bonds is 14. The molecule has 2 heterocycles. The van der Waals surface area contributed by atoms with Gasteiger partial charge in [-0.1, -0.05) is 31.4 Å². The van der Waals surface area contributed by atoms with Crippen molar-refractivity contribution in [3.63, 3.8) is 0 Å². The minimum atomic E-state index is 0.749. The summed E-state index contributed by atoms with van der Waals surface area (Å²) in [4.78, 5) is 0. The highest BCUT2D eigenvalue weighted by Crippen LogP contribution is 2.32. The van der Waals surface area contributed by atoms with E-state index in [0.717, 1.165) is 58.8 Å². The van der Waals surface area contributed by atoms with E-state index < -0.39 is 0 Å². The number of thiazole rings is 2. The molecule has 10 heteroatoms. The van der Waals surface area contributed by atoms with Crippen LogP contribution in [-0.4, -0.2) is 14.2 Å². The van der Waals surface area contributed by atoms with Crippen LogP contribution in [0.4, 0.5) is 21.6 Å². The lowest BCUT2D eigenvalue weighted by atomic mass is 10.0. The van der Waals surface area contributed by atoms with Gasteiger partial charge in [0.1, 0.15) is 23.9 Å². The number of aryl methyl sites for hydroxylation is 4. The van der Waals surface area contributed by atoms with Gasteiger partial charge in [-0.25, -0.2) is 9.13 Å². The van der Waals surface area contributed by atoms with Gasteiger partial charge in [-0.05, 0) is 94.0 Å². The number of ether oxygens (including phenoxy) is 2. The highest BCUT2D eigenvalue weighted by Gasteiger charge is 2.12. The predicted molar refractivity (Wildman–Crippen MR) is 156 cm³/mol. The molecule has 0 saturated heterocycles. The van der Waals surface area contributed by atoms with Gasteiger partial charge in [0.15, 0.2) is 11.4 Å². The van der Waals surface area contributed by atoms with E-state index in [0.29, 0.717) is 0 Å². The fourth-order valence-corrected chi connectivity index (χ4v) is 5.51. The van der Waals surface area contributed by atoms with E-state index in [1.807, 2.05) is 58.5 Å². The molecule has 2 aromatic heterocycles. The number of benzene rings is 2.